The van der Waals surface area contributed by atoms with Crippen molar-refractivity contribution in [3.8, 4) is 5.75 Å². The van der Waals surface area contributed by atoms with Crippen molar-refractivity contribution >= 4 is 28.6 Å². The molecule has 0 aliphatic carbocycles. The van der Waals surface area contributed by atoms with E-state index in [2.05, 4.69) is 10.3 Å². The van der Waals surface area contributed by atoms with Gasteiger partial charge in [0.15, 0.2) is 5.16 Å². The van der Waals surface area contributed by atoms with E-state index < -0.39 is 0 Å². The Labute approximate surface area is 161 Å². The maximum Gasteiger partial charge on any atom is 0.261 e. The van der Waals surface area contributed by atoms with Crippen molar-refractivity contribution in [3.05, 3.63) is 63.4 Å². The zero-order valence-electron chi connectivity index (χ0n) is 15.4. The van der Waals surface area contributed by atoms with Crippen LogP contribution < -0.4 is 10.9 Å². The number of fused-ring (bicyclic) bond motifs is 1. The van der Waals surface area contributed by atoms with Gasteiger partial charge in [0.05, 0.1) is 16.7 Å². The summed E-state index contributed by atoms with van der Waals surface area (Å²) in [6.45, 7) is 4.04. The van der Waals surface area contributed by atoms with Crippen molar-refractivity contribution in [3.63, 3.8) is 0 Å². The maximum atomic E-state index is 12.4. The Morgan fingerprint density at radius 3 is 2.59 bits per heavy atom. The number of nitrogens with one attached hydrogen (secondary N) is 1. The van der Waals surface area contributed by atoms with Gasteiger partial charge in [0.25, 0.3) is 5.56 Å². The zero-order chi connectivity index (χ0) is 19.6. The van der Waals surface area contributed by atoms with Crippen molar-refractivity contribution < 1.29 is 9.90 Å². The van der Waals surface area contributed by atoms with Crippen molar-refractivity contribution in [2.75, 3.05) is 5.75 Å². The molecule has 2 aromatic carbocycles. The fourth-order valence-corrected chi connectivity index (χ4v) is 3.66. The van der Waals surface area contributed by atoms with Gasteiger partial charge in [-0.25, -0.2) is 4.98 Å². The highest BCUT2D eigenvalue weighted by molar-refractivity contribution is 7.99. The smallest absolute Gasteiger partial charge is 0.261 e. The molecule has 27 heavy (non-hydrogen) atoms. The highest BCUT2D eigenvalue weighted by Crippen LogP contribution is 2.23. The minimum Gasteiger partial charge on any atom is -0.507 e. The van der Waals surface area contributed by atoms with Crippen LogP contribution in [-0.2, 0) is 18.4 Å². The molecule has 0 aliphatic rings. The molecule has 0 spiro atoms. The number of hydrogen-bond donors (Lipinski definition) is 2. The summed E-state index contributed by atoms with van der Waals surface area (Å²) < 4.78 is 1.47. The van der Waals surface area contributed by atoms with E-state index in [0.29, 0.717) is 22.6 Å². The van der Waals surface area contributed by atoms with Crippen LogP contribution >= 0.6 is 11.8 Å². The molecule has 0 radical (unpaired) electrons. The van der Waals surface area contributed by atoms with Crippen LogP contribution in [0.15, 0.2) is 46.3 Å². The number of rotatable bonds is 5. The molecule has 0 bridgehead atoms. The van der Waals surface area contributed by atoms with Crippen molar-refractivity contribution in [2.24, 2.45) is 7.05 Å². The van der Waals surface area contributed by atoms with Gasteiger partial charge in [0, 0.05) is 13.6 Å². The molecule has 0 atom stereocenters. The minimum absolute atomic E-state index is 0.126. The third-order valence-corrected chi connectivity index (χ3v) is 5.34. The highest BCUT2D eigenvalue weighted by atomic mass is 32.2. The standard InChI is InChI=1S/C20H21N3O3S/c1-12-8-14(9-13(2)18(12)25)10-21-17(24)11-27-20-22-16-7-5-4-6-15(16)19(26)23(20)3/h4-9,25H,10-11H2,1-3H3,(H,21,24). The first kappa shape index (κ1) is 19.0. The molecule has 0 fully saturated rings. The molecule has 1 heterocycles. The van der Waals surface area contributed by atoms with Crippen LogP contribution in [0.1, 0.15) is 16.7 Å². The van der Waals surface area contributed by atoms with Crippen LogP contribution in [0.2, 0.25) is 0 Å². The third-order valence-electron chi connectivity index (χ3n) is 4.32. The Balaban J connectivity index is 1.65. The lowest BCUT2D eigenvalue weighted by Crippen LogP contribution is -2.26. The summed E-state index contributed by atoms with van der Waals surface area (Å²) in [5.74, 6) is 0.295. The van der Waals surface area contributed by atoms with Gasteiger partial charge >= 0.3 is 0 Å². The monoisotopic (exact) mass is 383 g/mol. The Morgan fingerprint density at radius 2 is 1.89 bits per heavy atom. The maximum absolute atomic E-state index is 12.4. The van der Waals surface area contributed by atoms with Crippen LogP contribution in [0, 0.1) is 13.8 Å². The average molecular weight is 383 g/mol. The second-order valence-electron chi connectivity index (χ2n) is 6.42. The van der Waals surface area contributed by atoms with E-state index in [0.717, 1.165) is 16.7 Å². The number of para-hydroxylation sites is 1. The van der Waals surface area contributed by atoms with Crippen LogP contribution in [0.5, 0.6) is 5.75 Å². The number of carbonyl (C=O) groups is 1. The molecule has 3 rings (SSSR count). The number of nitrogens with zero attached hydrogens (tertiary/aromatic N) is 2. The number of benzene rings is 2. The van der Waals surface area contributed by atoms with E-state index in [4.69, 9.17) is 0 Å². The van der Waals surface area contributed by atoms with Crippen LogP contribution in [0.3, 0.4) is 0 Å². The first-order chi connectivity index (χ1) is 12.9. The van der Waals surface area contributed by atoms with E-state index in [9.17, 15) is 14.7 Å². The number of phenolic OH excluding ortho intramolecular Hbond substituents is 1. The molecule has 0 aliphatic heterocycles. The fourth-order valence-electron chi connectivity index (χ4n) is 2.86. The molecule has 7 heteroatoms. The van der Waals surface area contributed by atoms with Crippen molar-refractivity contribution in [1.82, 2.24) is 14.9 Å². The van der Waals surface area contributed by atoms with E-state index in [1.807, 2.05) is 32.0 Å². The lowest BCUT2D eigenvalue weighted by Gasteiger charge is -2.10. The highest BCUT2D eigenvalue weighted by Gasteiger charge is 2.11. The second-order valence-corrected chi connectivity index (χ2v) is 7.36. The number of thioether (sulfide) groups is 1. The van der Waals surface area contributed by atoms with Gasteiger partial charge in [-0.3, -0.25) is 14.2 Å². The van der Waals surface area contributed by atoms with Crippen molar-refractivity contribution in [2.45, 2.75) is 25.5 Å². The first-order valence-electron chi connectivity index (χ1n) is 8.51. The number of hydrogen-bond acceptors (Lipinski definition) is 5. The summed E-state index contributed by atoms with van der Waals surface area (Å²) in [7, 11) is 1.66. The average Bonchev–Trinajstić information content (AvgIpc) is 2.66. The van der Waals surface area contributed by atoms with Gasteiger partial charge in [-0.2, -0.15) is 0 Å². The largest absolute Gasteiger partial charge is 0.507 e. The molecule has 0 unspecified atom stereocenters. The predicted molar refractivity (Wildman–Crippen MR) is 107 cm³/mol. The van der Waals surface area contributed by atoms with Gasteiger partial charge in [0.1, 0.15) is 5.75 Å². The second kappa shape index (κ2) is 7.84. The molecule has 2 N–H and O–H groups in total. The number of aromatic hydroxyl groups is 1. The quantitative estimate of drug-likeness (QED) is 0.523. The number of aryl methyl sites for hydroxylation is 2. The summed E-state index contributed by atoms with van der Waals surface area (Å²) in [5, 5.41) is 13.7. The predicted octanol–water partition coefficient (Wildman–Crippen LogP) is 2.66. The lowest BCUT2D eigenvalue weighted by atomic mass is 10.1. The van der Waals surface area contributed by atoms with E-state index in [1.165, 1.54) is 16.3 Å². The van der Waals surface area contributed by atoms with Crippen molar-refractivity contribution in [1.29, 1.82) is 0 Å². The third kappa shape index (κ3) is 4.14. The molecule has 140 valence electrons. The Hall–Kier alpha value is -2.80. The Kier molecular flexibility index (Phi) is 5.51. The fraction of sp³-hybridized carbons (Fsp3) is 0.250. The molecule has 3 aromatic rings. The Morgan fingerprint density at radius 1 is 1.22 bits per heavy atom. The number of phenols is 1. The number of aromatic nitrogens is 2. The molecule has 0 saturated carbocycles. The molecular formula is C20H21N3O3S. The molecule has 1 aromatic heterocycles. The van der Waals surface area contributed by atoms with Gasteiger partial charge in [-0.1, -0.05) is 36.0 Å². The SMILES string of the molecule is Cc1cc(CNC(=O)CSc2nc3ccccc3c(=O)n2C)cc(C)c1O. The van der Waals surface area contributed by atoms with E-state index in [-0.39, 0.29) is 23.0 Å². The summed E-state index contributed by atoms with van der Waals surface area (Å²) in [5.41, 5.74) is 2.99. The molecule has 1 amide bonds. The van der Waals surface area contributed by atoms with Gasteiger partial charge in [-0.05, 0) is 42.7 Å². The van der Waals surface area contributed by atoms with Crippen LogP contribution in [0.4, 0.5) is 0 Å². The number of amides is 1. The summed E-state index contributed by atoms with van der Waals surface area (Å²) in [6, 6.07) is 10.9. The normalized spacial score (nSPS) is 10.9. The van der Waals surface area contributed by atoms with Crippen LogP contribution in [-0.4, -0.2) is 26.3 Å². The summed E-state index contributed by atoms with van der Waals surface area (Å²) in [6.07, 6.45) is 0. The van der Waals surface area contributed by atoms with E-state index in [1.54, 1.807) is 25.2 Å². The zero-order valence-corrected chi connectivity index (χ0v) is 16.3. The number of carbonyl (C=O) groups excluding carboxylic acids is 1. The molecule has 0 saturated heterocycles. The van der Waals surface area contributed by atoms with Gasteiger partial charge in [0.2, 0.25) is 5.91 Å². The van der Waals surface area contributed by atoms with Gasteiger partial charge in [-0.15, -0.1) is 0 Å². The topological polar surface area (TPSA) is 84.2 Å². The summed E-state index contributed by atoms with van der Waals surface area (Å²) >= 11 is 1.23. The summed E-state index contributed by atoms with van der Waals surface area (Å²) in [4.78, 5) is 29.1. The Bertz CT molecular complexity index is 1050. The van der Waals surface area contributed by atoms with Crippen LogP contribution in [0.25, 0.3) is 10.9 Å². The molecular weight excluding hydrogens is 362 g/mol. The molecule has 6 nitrogen and oxygen atoms in total. The lowest BCUT2D eigenvalue weighted by molar-refractivity contribution is -0.118. The minimum atomic E-state index is -0.147. The van der Waals surface area contributed by atoms with E-state index >= 15 is 0 Å². The first-order valence-corrected chi connectivity index (χ1v) is 9.49. The van der Waals surface area contributed by atoms with Gasteiger partial charge < -0.3 is 10.4 Å².